The monoisotopic (exact) mass is 344 g/mol. The minimum atomic E-state index is -0.341. The Morgan fingerprint density at radius 3 is 2.84 bits per heavy atom. The molecule has 134 valence electrons. The van der Waals surface area contributed by atoms with Crippen LogP contribution in [0.2, 0.25) is 0 Å². The number of amides is 2. The predicted molar refractivity (Wildman–Crippen MR) is 92.9 cm³/mol. The van der Waals surface area contributed by atoms with Crippen molar-refractivity contribution in [3.05, 3.63) is 36.2 Å². The largest absolute Gasteiger partial charge is 0.372 e. The summed E-state index contributed by atoms with van der Waals surface area (Å²) in [6, 6.07) is 9.08. The maximum Gasteiger partial charge on any atom is 0.318 e. The van der Waals surface area contributed by atoms with Gasteiger partial charge in [-0.15, -0.1) is 0 Å². The minimum Gasteiger partial charge on any atom is -0.372 e. The van der Waals surface area contributed by atoms with Gasteiger partial charge in [0.1, 0.15) is 0 Å². The smallest absolute Gasteiger partial charge is 0.318 e. The average molecular weight is 344 g/mol. The maximum absolute atomic E-state index is 12.5. The summed E-state index contributed by atoms with van der Waals surface area (Å²) < 4.78 is 11.1. The molecule has 2 amide bonds. The van der Waals surface area contributed by atoms with Crippen molar-refractivity contribution in [2.45, 2.75) is 45.4 Å². The molecule has 1 saturated heterocycles. The number of ether oxygens (including phenoxy) is 1. The minimum absolute atomic E-state index is 0.0367. The van der Waals surface area contributed by atoms with Crippen LogP contribution in [0.1, 0.15) is 39.1 Å². The zero-order valence-electron chi connectivity index (χ0n) is 14.8. The Kier molecular flexibility index (Phi) is 5.33. The average Bonchev–Trinajstić information content (AvgIpc) is 3.12. The molecule has 0 saturated carbocycles. The van der Waals surface area contributed by atoms with Gasteiger partial charge >= 0.3 is 6.03 Å². The molecule has 2 heterocycles. The zero-order valence-corrected chi connectivity index (χ0v) is 14.8. The fraction of sp³-hybridized carbons (Fsp3) is 0.500. The van der Waals surface area contributed by atoms with Crippen LogP contribution in [0.15, 0.2) is 34.9 Å². The SMILES string of the molecule is CC[C@@H]1CN(C(=O)N[C@@H](C)c2noc(-c3ccccc3)n2)C[C@@H](C)O1. The second kappa shape index (κ2) is 7.65. The van der Waals surface area contributed by atoms with E-state index in [1.807, 2.05) is 44.2 Å². The Morgan fingerprint density at radius 2 is 2.12 bits per heavy atom. The molecule has 1 fully saturated rings. The number of urea groups is 1. The highest BCUT2D eigenvalue weighted by molar-refractivity contribution is 5.74. The van der Waals surface area contributed by atoms with Gasteiger partial charge in [0.15, 0.2) is 5.82 Å². The van der Waals surface area contributed by atoms with Crippen molar-refractivity contribution in [1.29, 1.82) is 0 Å². The molecule has 0 aliphatic carbocycles. The predicted octanol–water partition coefficient (Wildman–Crippen LogP) is 3.01. The van der Waals surface area contributed by atoms with Crippen molar-refractivity contribution in [2.24, 2.45) is 0 Å². The van der Waals surface area contributed by atoms with Gasteiger partial charge in [0, 0.05) is 18.7 Å². The summed E-state index contributed by atoms with van der Waals surface area (Å²) >= 11 is 0. The van der Waals surface area contributed by atoms with Crippen molar-refractivity contribution < 1.29 is 14.1 Å². The summed E-state index contributed by atoms with van der Waals surface area (Å²) in [5.41, 5.74) is 0.854. The first-order chi connectivity index (χ1) is 12.1. The number of morpholine rings is 1. The van der Waals surface area contributed by atoms with E-state index in [4.69, 9.17) is 9.26 Å². The van der Waals surface area contributed by atoms with E-state index in [9.17, 15) is 4.79 Å². The van der Waals surface area contributed by atoms with Crippen LogP contribution in [0.3, 0.4) is 0 Å². The third-order valence-corrected chi connectivity index (χ3v) is 4.26. The molecule has 0 spiro atoms. The lowest BCUT2D eigenvalue weighted by Crippen LogP contribution is -2.52. The van der Waals surface area contributed by atoms with Gasteiger partial charge < -0.3 is 19.5 Å². The number of nitrogens with zero attached hydrogens (tertiary/aromatic N) is 3. The van der Waals surface area contributed by atoms with Crippen molar-refractivity contribution >= 4 is 6.03 Å². The number of rotatable bonds is 4. The van der Waals surface area contributed by atoms with Gasteiger partial charge in [-0.05, 0) is 32.4 Å². The Bertz CT molecular complexity index is 703. The highest BCUT2D eigenvalue weighted by Crippen LogP contribution is 2.19. The number of carbonyl (C=O) groups is 1. The number of hydrogen-bond acceptors (Lipinski definition) is 5. The number of hydrogen-bond donors (Lipinski definition) is 1. The van der Waals surface area contributed by atoms with Crippen molar-refractivity contribution in [2.75, 3.05) is 13.1 Å². The number of benzene rings is 1. The van der Waals surface area contributed by atoms with Crippen LogP contribution in [-0.4, -0.2) is 46.4 Å². The highest BCUT2D eigenvalue weighted by Gasteiger charge is 2.28. The van der Waals surface area contributed by atoms with Crippen LogP contribution in [0, 0.1) is 0 Å². The molecule has 1 N–H and O–H groups in total. The van der Waals surface area contributed by atoms with E-state index in [-0.39, 0.29) is 24.3 Å². The standard InChI is InChI=1S/C18H24N4O3/c1-4-15-11-22(10-12(2)24-15)18(23)19-13(3)16-20-17(25-21-16)14-8-6-5-7-9-14/h5-9,12-13,15H,4,10-11H2,1-3H3,(H,19,23)/t12-,13+,15-/m1/s1. The van der Waals surface area contributed by atoms with Gasteiger partial charge in [-0.1, -0.05) is 30.3 Å². The Balaban J connectivity index is 1.63. The summed E-state index contributed by atoms with van der Waals surface area (Å²) in [5, 5.41) is 6.94. The molecule has 7 nitrogen and oxygen atoms in total. The first-order valence-corrected chi connectivity index (χ1v) is 8.66. The fourth-order valence-corrected chi connectivity index (χ4v) is 2.89. The molecule has 1 aliphatic rings. The number of carbonyl (C=O) groups excluding carboxylic acids is 1. The molecular weight excluding hydrogens is 320 g/mol. The summed E-state index contributed by atoms with van der Waals surface area (Å²) in [5.74, 6) is 0.906. The molecule has 25 heavy (non-hydrogen) atoms. The lowest BCUT2D eigenvalue weighted by Gasteiger charge is -2.36. The zero-order chi connectivity index (χ0) is 17.8. The molecule has 0 bridgehead atoms. The van der Waals surface area contributed by atoms with E-state index in [2.05, 4.69) is 22.4 Å². The molecule has 1 aromatic heterocycles. The summed E-state index contributed by atoms with van der Waals surface area (Å²) in [6.45, 7) is 7.07. The molecule has 0 unspecified atom stereocenters. The number of aromatic nitrogens is 2. The van der Waals surface area contributed by atoms with Gasteiger partial charge in [0.25, 0.3) is 5.89 Å². The second-order valence-electron chi connectivity index (χ2n) is 6.38. The van der Waals surface area contributed by atoms with Crippen LogP contribution in [0.25, 0.3) is 11.5 Å². The van der Waals surface area contributed by atoms with Gasteiger partial charge in [-0.25, -0.2) is 4.79 Å². The van der Waals surface area contributed by atoms with E-state index in [0.29, 0.717) is 24.8 Å². The van der Waals surface area contributed by atoms with Crippen LogP contribution in [0.5, 0.6) is 0 Å². The summed E-state index contributed by atoms with van der Waals surface area (Å²) in [7, 11) is 0. The van der Waals surface area contributed by atoms with Gasteiger partial charge in [0.2, 0.25) is 0 Å². The molecule has 1 aromatic carbocycles. The van der Waals surface area contributed by atoms with Crippen LogP contribution < -0.4 is 5.32 Å². The van der Waals surface area contributed by atoms with Crippen molar-refractivity contribution in [3.63, 3.8) is 0 Å². The first-order valence-electron chi connectivity index (χ1n) is 8.66. The quantitative estimate of drug-likeness (QED) is 0.922. The van der Waals surface area contributed by atoms with Gasteiger partial charge in [0.05, 0.1) is 18.2 Å². The van der Waals surface area contributed by atoms with E-state index < -0.39 is 0 Å². The van der Waals surface area contributed by atoms with Crippen LogP contribution in [-0.2, 0) is 4.74 Å². The van der Waals surface area contributed by atoms with Crippen molar-refractivity contribution in [3.8, 4) is 11.5 Å². The Morgan fingerprint density at radius 1 is 1.36 bits per heavy atom. The van der Waals surface area contributed by atoms with Crippen molar-refractivity contribution in [1.82, 2.24) is 20.4 Å². The summed E-state index contributed by atoms with van der Waals surface area (Å²) in [6.07, 6.45) is 1.00. The Labute approximate surface area is 147 Å². The topological polar surface area (TPSA) is 80.5 Å². The van der Waals surface area contributed by atoms with Gasteiger partial charge in [-0.2, -0.15) is 4.98 Å². The Hall–Kier alpha value is -2.41. The lowest BCUT2D eigenvalue weighted by atomic mass is 10.2. The lowest BCUT2D eigenvalue weighted by molar-refractivity contribution is -0.0648. The van der Waals surface area contributed by atoms with Crippen LogP contribution in [0.4, 0.5) is 4.79 Å². The van der Waals surface area contributed by atoms with E-state index in [1.165, 1.54) is 0 Å². The molecule has 0 radical (unpaired) electrons. The molecular formula is C18H24N4O3. The van der Waals surface area contributed by atoms with E-state index in [1.54, 1.807) is 4.90 Å². The van der Waals surface area contributed by atoms with Gasteiger partial charge in [-0.3, -0.25) is 0 Å². The third kappa shape index (κ3) is 4.17. The number of nitrogens with one attached hydrogen (secondary N) is 1. The molecule has 3 atom stereocenters. The molecule has 1 aliphatic heterocycles. The normalized spacial score (nSPS) is 21.8. The second-order valence-corrected chi connectivity index (χ2v) is 6.38. The van der Waals surface area contributed by atoms with E-state index >= 15 is 0 Å². The molecule has 3 rings (SSSR count). The first kappa shape index (κ1) is 17.4. The maximum atomic E-state index is 12.5. The third-order valence-electron chi connectivity index (χ3n) is 4.26. The fourth-order valence-electron chi connectivity index (χ4n) is 2.89. The summed E-state index contributed by atoms with van der Waals surface area (Å²) in [4.78, 5) is 18.7. The van der Waals surface area contributed by atoms with E-state index in [0.717, 1.165) is 12.0 Å². The van der Waals surface area contributed by atoms with Crippen LogP contribution >= 0.6 is 0 Å². The highest BCUT2D eigenvalue weighted by atomic mass is 16.5. The molecule has 2 aromatic rings. The molecule has 7 heteroatoms.